The van der Waals surface area contributed by atoms with E-state index in [4.69, 9.17) is 4.74 Å². The van der Waals surface area contributed by atoms with Gasteiger partial charge in [-0.15, -0.1) is 11.8 Å². The summed E-state index contributed by atoms with van der Waals surface area (Å²) in [5, 5.41) is 8.70. The van der Waals surface area contributed by atoms with E-state index >= 15 is 0 Å². The fourth-order valence-electron chi connectivity index (χ4n) is 4.10. The minimum atomic E-state index is -0.346. The molecule has 0 bridgehead atoms. The highest BCUT2D eigenvalue weighted by Crippen LogP contribution is 2.28. The summed E-state index contributed by atoms with van der Waals surface area (Å²) in [6, 6.07) is 12.8. The number of hydrogen-bond donors (Lipinski definition) is 3. The van der Waals surface area contributed by atoms with Crippen molar-refractivity contribution >= 4 is 40.8 Å². The van der Waals surface area contributed by atoms with Gasteiger partial charge in [0.1, 0.15) is 0 Å². The van der Waals surface area contributed by atoms with Crippen molar-refractivity contribution in [3.63, 3.8) is 0 Å². The lowest BCUT2D eigenvalue weighted by atomic mass is 10.1. The first kappa shape index (κ1) is 22.5. The third-order valence-electron chi connectivity index (χ3n) is 5.81. The SMILES string of the molecule is CSc1ccc(NC(=O)Nc2ccc(N3CCCC3)c(C(=O)NCC3CCCO3)c2)cc1. The fraction of sp³-hybridized carbons (Fsp3) is 0.417. The van der Waals surface area contributed by atoms with Crippen molar-refractivity contribution in [3.05, 3.63) is 48.0 Å². The van der Waals surface area contributed by atoms with Gasteiger partial charge < -0.3 is 25.6 Å². The summed E-state index contributed by atoms with van der Waals surface area (Å²) in [6.07, 6.45) is 6.34. The van der Waals surface area contributed by atoms with E-state index in [1.54, 1.807) is 17.8 Å². The van der Waals surface area contributed by atoms with Crippen LogP contribution in [0.3, 0.4) is 0 Å². The molecular formula is C24H30N4O3S. The second-order valence-electron chi connectivity index (χ2n) is 8.08. The highest BCUT2D eigenvalue weighted by atomic mass is 32.2. The van der Waals surface area contributed by atoms with Crippen LogP contribution >= 0.6 is 11.8 Å². The Morgan fingerprint density at radius 2 is 1.75 bits per heavy atom. The summed E-state index contributed by atoms with van der Waals surface area (Å²) in [4.78, 5) is 28.9. The van der Waals surface area contributed by atoms with Gasteiger partial charge in [-0.25, -0.2) is 4.79 Å². The predicted octanol–water partition coefficient (Wildman–Crippen LogP) is 4.56. The van der Waals surface area contributed by atoms with Gasteiger partial charge in [0.2, 0.25) is 0 Å². The van der Waals surface area contributed by atoms with E-state index in [1.807, 2.05) is 42.7 Å². The Morgan fingerprint density at radius 3 is 2.44 bits per heavy atom. The van der Waals surface area contributed by atoms with E-state index in [1.165, 1.54) is 0 Å². The topological polar surface area (TPSA) is 82.7 Å². The average molecular weight is 455 g/mol. The molecule has 0 aliphatic carbocycles. The molecule has 7 nitrogen and oxygen atoms in total. The number of carbonyl (C=O) groups excluding carboxylic acids is 2. The molecule has 0 radical (unpaired) electrons. The van der Waals surface area contributed by atoms with Crippen molar-refractivity contribution in [2.45, 2.75) is 36.7 Å². The second kappa shape index (κ2) is 10.7. The van der Waals surface area contributed by atoms with Gasteiger partial charge in [0.15, 0.2) is 0 Å². The minimum Gasteiger partial charge on any atom is -0.376 e. The highest BCUT2D eigenvalue weighted by Gasteiger charge is 2.22. The number of rotatable bonds is 7. The molecule has 1 atom stereocenters. The van der Waals surface area contributed by atoms with Crippen LogP contribution in [0.5, 0.6) is 0 Å². The van der Waals surface area contributed by atoms with Gasteiger partial charge in [0.05, 0.1) is 11.7 Å². The molecule has 4 rings (SSSR count). The Hall–Kier alpha value is -2.71. The maximum atomic E-state index is 13.0. The maximum absolute atomic E-state index is 13.0. The van der Waals surface area contributed by atoms with Crippen LogP contribution in [0.1, 0.15) is 36.0 Å². The van der Waals surface area contributed by atoms with Crippen LogP contribution in [-0.4, -0.2) is 50.5 Å². The number of benzene rings is 2. The molecule has 2 aliphatic heterocycles. The van der Waals surface area contributed by atoms with Crippen LogP contribution in [0.25, 0.3) is 0 Å². The van der Waals surface area contributed by atoms with Crippen molar-refractivity contribution in [1.82, 2.24) is 5.32 Å². The van der Waals surface area contributed by atoms with Crippen molar-refractivity contribution in [2.75, 3.05) is 48.0 Å². The van der Waals surface area contributed by atoms with Crippen LogP contribution in [0.15, 0.2) is 47.4 Å². The van der Waals surface area contributed by atoms with Crippen molar-refractivity contribution in [2.24, 2.45) is 0 Å². The molecule has 2 fully saturated rings. The molecule has 32 heavy (non-hydrogen) atoms. The summed E-state index contributed by atoms with van der Waals surface area (Å²) in [7, 11) is 0. The number of amides is 3. The monoisotopic (exact) mass is 454 g/mol. The smallest absolute Gasteiger partial charge is 0.323 e. The number of urea groups is 1. The van der Waals surface area contributed by atoms with Gasteiger partial charge in [0, 0.05) is 48.2 Å². The number of nitrogens with one attached hydrogen (secondary N) is 3. The average Bonchev–Trinajstić information content (AvgIpc) is 3.52. The molecule has 0 spiro atoms. The summed E-state index contributed by atoms with van der Waals surface area (Å²) < 4.78 is 5.62. The third kappa shape index (κ3) is 5.75. The normalized spacial score (nSPS) is 17.9. The maximum Gasteiger partial charge on any atom is 0.323 e. The Labute approximate surface area is 193 Å². The van der Waals surface area contributed by atoms with Crippen molar-refractivity contribution in [3.8, 4) is 0 Å². The van der Waals surface area contributed by atoms with E-state index in [2.05, 4.69) is 20.9 Å². The van der Waals surface area contributed by atoms with Gasteiger partial charge in [0.25, 0.3) is 5.91 Å². The molecule has 8 heteroatoms. The summed E-state index contributed by atoms with van der Waals surface area (Å²) in [5.74, 6) is -0.140. The zero-order valence-electron chi connectivity index (χ0n) is 18.4. The van der Waals surface area contributed by atoms with E-state index < -0.39 is 0 Å². The Morgan fingerprint density at radius 1 is 1.03 bits per heavy atom. The molecule has 1 unspecified atom stereocenters. The Balaban J connectivity index is 1.45. The lowest BCUT2D eigenvalue weighted by molar-refractivity contribution is 0.0858. The summed E-state index contributed by atoms with van der Waals surface area (Å²) >= 11 is 1.65. The minimum absolute atomic E-state index is 0.0822. The predicted molar refractivity (Wildman–Crippen MR) is 130 cm³/mol. The van der Waals surface area contributed by atoms with Gasteiger partial charge in [-0.1, -0.05) is 0 Å². The van der Waals surface area contributed by atoms with Crippen molar-refractivity contribution in [1.29, 1.82) is 0 Å². The first-order chi connectivity index (χ1) is 15.6. The fourth-order valence-corrected chi connectivity index (χ4v) is 4.51. The first-order valence-electron chi connectivity index (χ1n) is 11.1. The number of nitrogens with zero attached hydrogens (tertiary/aromatic N) is 1. The summed E-state index contributed by atoms with van der Waals surface area (Å²) in [5.41, 5.74) is 2.77. The molecule has 3 amide bonds. The molecule has 0 aromatic heterocycles. The first-order valence-corrected chi connectivity index (χ1v) is 12.4. The zero-order chi connectivity index (χ0) is 22.3. The third-order valence-corrected chi connectivity index (χ3v) is 6.55. The van der Waals surface area contributed by atoms with E-state index in [0.717, 1.165) is 56.0 Å². The largest absolute Gasteiger partial charge is 0.376 e. The molecule has 170 valence electrons. The molecule has 2 saturated heterocycles. The molecule has 0 saturated carbocycles. The number of ether oxygens (including phenoxy) is 1. The van der Waals surface area contributed by atoms with Gasteiger partial charge >= 0.3 is 6.03 Å². The van der Waals surface area contributed by atoms with E-state index in [0.29, 0.717) is 23.5 Å². The van der Waals surface area contributed by atoms with Crippen LogP contribution < -0.4 is 20.9 Å². The van der Waals surface area contributed by atoms with Crippen LogP contribution in [0.2, 0.25) is 0 Å². The van der Waals surface area contributed by atoms with Crippen LogP contribution in [0.4, 0.5) is 21.9 Å². The van der Waals surface area contributed by atoms with Crippen LogP contribution in [0, 0.1) is 0 Å². The van der Waals surface area contributed by atoms with Gasteiger partial charge in [-0.05, 0) is 74.4 Å². The zero-order valence-corrected chi connectivity index (χ0v) is 19.2. The Bertz CT molecular complexity index is 939. The lowest BCUT2D eigenvalue weighted by Crippen LogP contribution is -2.33. The number of thioether (sulfide) groups is 1. The summed E-state index contributed by atoms with van der Waals surface area (Å²) in [6.45, 7) is 3.13. The number of carbonyl (C=O) groups is 2. The highest BCUT2D eigenvalue weighted by molar-refractivity contribution is 7.98. The molecule has 3 N–H and O–H groups in total. The van der Waals surface area contributed by atoms with Crippen LogP contribution in [-0.2, 0) is 4.74 Å². The second-order valence-corrected chi connectivity index (χ2v) is 8.96. The Kier molecular flexibility index (Phi) is 7.55. The van der Waals surface area contributed by atoms with Gasteiger partial charge in [-0.2, -0.15) is 0 Å². The molecular weight excluding hydrogens is 424 g/mol. The molecule has 2 aromatic rings. The lowest BCUT2D eigenvalue weighted by Gasteiger charge is -2.22. The molecule has 2 aliphatic rings. The van der Waals surface area contributed by atoms with Crippen molar-refractivity contribution < 1.29 is 14.3 Å². The van der Waals surface area contributed by atoms with Gasteiger partial charge in [-0.3, -0.25) is 4.79 Å². The van der Waals surface area contributed by atoms with E-state index in [9.17, 15) is 9.59 Å². The van der Waals surface area contributed by atoms with E-state index in [-0.39, 0.29) is 18.0 Å². The quantitative estimate of drug-likeness (QED) is 0.534. The molecule has 2 aromatic carbocycles. The molecule has 2 heterocycles. The number of anilines is 3. The standard InChI is InChI=1S/C24H30N4O3S/c1-32-20-9-6-17(7-10-20)26-24(30)27-18-8-11-22(28-12-2-3-13-28)21(15-18)23(29)25-16-19-5-4-14-31-19/h6-11,15,19H,2-5,12-14,16H2,1H3,(H,25,29)(H2,26,27,30). The number of hydrogen-bond acceptors (Lipinski definition) is 5.